The fraction of sp³-hybridized carbons (Fsp3) is 0.312. The van der Waals surface area contributed by atoms with Crippen molar-refractivity contribution in [2.45, 2.75) is 33.0 Å². The van der Waals surface area contributed by atoms with E-state index in [1.165, 1.54) is 6.07 Å². The Bertz CT molecular complexity index is 543. The lowest BCUT2D eigenvalue weighted by Crippen LogP contribution is -2.13. The first-order chi connectivity index (χ1) is 9.65. The van der Waals surface area contributed by atoms with Gasteiger partial charge in [0.15, 0.2) is 11.6 Å². The molecule has 1 aromatic carbocycles. The predicted octanol–water partition coefficient (Wildman–Crippen LogP) is 3.30. The fourth-order valence-corrected chi connectivity index (χ4v) is 1.86. The molecular weight excluding hydrogens is 255 g/mol. The summed E-state index contributed by atoms with van der Waals surface area (Å²) < 4.78 is 19.2. The molecule has 0 atom stereocenters. The highest BCUT2D eigenvalue weighted by molar-refractivity contribution is 5.29. The van der Waals surface area contributed by atoms with E-state index in [0.717, 1.165) is 11.1 Å². The third-order valence-corrected chi connectivity index (χ3v) is 2.74. The Hall–Kier alpha value is -1.94. The zero-order valence-corrected chi connectivity index (χ0v) is 11.8. The molecule has 0 spiro atoms. The Balaban J connectivity index is 1.89. The first kappa shape index (κ1) is 14.5. The summed E-state index contributed by atoms with van der Waals surface area (Å²) in [6, 6.07) is 8.95. The topological polar surface area (TPSA) is 34.1 Å². The smallest absolute Gasteiger partial charge is 0.165 e. The number of nitrogens with one attached hydrogen (secondary N) is 1. The minimum Gasteiger partial charge on any atom is -0.488 e. The molecule has 1 heterocycles. The molecule has 0 aliphatic carbocycles. The van der Waals surface area contributed by atoms with E-state index in [-0.39, 0.29) is 11.9 Å². The molecule has 2 aromatic rings. The highest BCUT2D eigenvalue weighted by Crippen LogP contribution is 2.19. The Morgan fingerprint density at radius 3 is 2.65 bits per heavy atom. The number of nitrogens with zero attached hydrogens (tertiary/aromatic N) is 1. The summed E-state index contributed by atoms with van der Waals surface area (Å²) in [6.07, 6.45) is 3.53. The van der Waals surface area contributed by atoms with Gasteiger partial charge >= 0.3 is 0 Å². The molecule has 20 heavy (non-hydrogen) atoms. The minimum absolute atomic E-state index is 0.0287. The van der Waals surface area contributed by atoms with Crippen molar-refractivity contribution in [1.29, 1.82) is 0 Å². The number of benzene rings is 1. The highest BCUT2D eigenvalue weighted by Gasteiger charge is 2.06. The van der Waals surface area contributed by atoms with Crippen LogP contribution in [0.15, 0.2) is 42.7 Å². The highest BCUT2D eigenvalue weighted by atomic mass is 19.1. The number of rotatable bonds is 6. The molecule has 2 rings (SSSR count). The second kappa shape index (κ2) is 7.01. The standard InChI is InChI=1S/C16H19FN2O/c1-12(2)20-16-6-5-13(8-15(16)17)9-19-11-14-4-3-7-18-10-14/h3-8,10,12,19H,9,11H2,1-2H3. The van der Waals surface area contributed by atoms with Gasteiger partial charge in [0.25, 0.3) is 0 Å². The summed E-state index contributed by atoms with van der Waals surface area (Å²) in [5.74, 6) is -0.0182. The number of aromatic nitrogens is 1. The van der Waals surface area contributed by atoms with E-state index >= 15 is 0 Å². The van der Waals surface area contributed by atoms with Gasteiger partial charge in [-0.3, -0.25) is 4.98 Å². The minimum atomic E-state index is -0.320. The van der Waals surface area contributed by atoms with Gasteiger partial charge in [0.05, 0.1) is 6.10 Å². The lowest BCUT2D eigenvalue weighted by Gasteiger charge is -2.11. The molecule has 0 bridgehead atoms. The van der Waals surface area contributed by atoms with Gasteiger partial charge in [-0.1, -0.05) is 12.1 Å². The van der Waals surface area contributed by atoms with Crippen LogP contribution in [0.1, 0.15) is 25.0 Å². The van der Waals surface area contributed by atoms with Crippen LogP contribution in [0.5, 0.6) is 5.75 Å². The number of halogens is 1. The third-order valence-electron chi connectivity index (χ3n) is 2.74. The van der Waals surface area contributed by atoms with Crippen molar-refractivity contribution >= 4 is 0 Å². The van der Waals surface area contributed by atoms with Crippen molar-refractivity contribution in [1.82, 2.24) is 10.3 Å². The van der Waals surface area contributed by atoms with Crippen molar-refractivity contribution in [2.75, 3.05) is 0 Å². The van der Waals surface area contributed by atoms with Crippen LogP contribution in [0.25, 0.3) is 0 Å². The second-order valence-corrected chi connectivity index (χ2v) is 4.90. The second-order valence-electron chi connectivity index (χ2n) is 4.90. The van der Waals surface area contributed by atoms with Gasteiger partial charge in [-0.05, 0) is 43.2 Å². The summed E-state index contributed by atoms with van der Waals surface area (Å²) in [6.45, 7) is 5.07. The van der Waals surface area contributed by atoms with Crippen LogP contribution in [0.2, 0.25) is 0 Å². The summed E-state index contributed by atoms with van der Waals surface area (Å²) in [5.41, 5.74) is 2.00. The molecule has 0 saturated carbocycles. The molecule has 0 amide bonds. The van der Waals surface area contributed by atoms with Crippen molar-refractivity contribution < 1.29 is 9.13 Å². The summed E-state index contributed by atoms with van der Waals surface area (Å²) in [5, 5.41) is 3.26. The van der Waals surface area contributed by atoms with E-state index in [1.807, 2.05) is 38.2 Å². The monoisotopic (exact) mass is 274 g/mol. The van der Waals surface area contributed by atoms with Crippen molar-refractivity contribution in [3.63, 3.8) is 0 Å². The van der Waals surface area contributed by atoms with Gasteiger partial charge < -0.3 is 10.1 Å². The lowest BCUT2D eigenvalue weighted by atomic mass is 10.2. The fourth-order valence-electron chi connectivity index (χ4n) is 1.86. The van der Waals surface area contributed by atoms with Crippen LogP contribution in [0, 0.1) is 5.82 Å². The van der Waals surface area contributed by atoms with E-state index < -0.39 is 0 Å². The largest absolute Gasteiger partial charge is 0.488 e. The molecule has 0 unspecified atom stereocenters. The molecule has 106 valence electrons. The van der Waals surface area contributed by atoms with E-state index in [9.17, 15) is 4.39 Å². The Labute approximate surface area is 118 Å². The zero-order valence-electron chi connectivity index (χ0n) is 11.8. The van der Waals surface area contributed by atoms with Crippen LogP contribution in [0.3, 0.4) is 0 Å². The molecule has 0 aliphatic rings. The van der Waals surface area contributed by atoms with Crippen LogP contribution < -0.4 is 10.1 Å². The predicted molar refractivity (Wildman–Crippen MR) is 76.9 cm³/mol. The Morgan fingerprint density at radius 2 is 2.00 bits per heavy atom. The molecule has 4 heteroatoms. The zero-order chi connectivity index (χ0) is 14.4. The average molecular weight is 274 g/mol. The van der Waals surface area contributed by atoms with Gasteiger partial charge in [-0.2, -0.15) is 0 Å². The normalized spacial score (nSPS) is 10.8. The number of pyridine rings is 1. The summed E-state index contributed by atoms with van der Waals surface area (Å²) in [7, 11) is 0. The van der Waals surface area contributed by atoms with Gasteiger partial charge in [-0.15, -0.1) is 0 Å². The SMILES string of the molecule is CC(C)Oc1ccc(CNCc2cccnc2)cc1F. The molecular formula is C16H19FN2O. The van der Waals surface area contributed by atoms with E-state index in [0.29, 0.717) is 18.8 Å². The Kier molecular flexibility index (Phi) is 5.07. The van der Waals surface area contributed by atoms with Gasteiger partial charge in [-0.25, -0.2) is 4.39 Å². The summed E-state index contributed by atoms with van der Waals surface area (Å²) in [4.78, 5) is 4.05. The lowest BCUT2D eigenvalue weighted by molar-refractivity contribution is 0.231. The first-order valence-electron chi connectivity index (χ1n) is 6.70. The molecule has 0 saturated heterocycles. The molecule has 0 aliphatic heterocycles. The number of hydrogen-bond donors (Lipinski definition) is 1. The molecule has 1 aromatic heterocycles. The van der Waals surface area contributed by atoms with Crippen LogP contribution in [0.4, 0.5) is 4.39 Å². The van der Waals surface area contributed by atoms with Crippen LogP contribution >= 0.6 is 0 Å². The molecule has 0 radical (unpaired) electrons. The summed E-state index contributed by atoms with van der Waals surface area (Å²) >= 11 is 0. The van der Waals surface area contributed by atoms with Crippen molar-refractivity contribution in [3.8, 4) is 5.75 Å². The van der Waals surface area contributed by atoms with Crippen LogP contribution in [-0.2, 0) is 13.1 Å². The average Bonchev–Trinajstić information content (AvgIpc) is 2.43. The maximum Gasteiger partial charge on any atom is 0.165 e. The van der Waals surface area contributed by atoms with E-state index in [2.05, 4.69) is 10.3 Å². The third kappa shape index (κ3) is 4.31. The first-order valence-corrected chi connectivity index (χ1v) is 6.70. The van der Waals surface area contributed by atoms with Gasteiger partial charge in [0, 0.05) is 25.5 Å². The van der Waals surface area contributed by atoms with E-state index in [4.69, 9.17) is 4.74 Å². The van der Waals surface area contributed by atoms with Crippen molar-refractivity contribution in [3.05, 3.63) is 59.7 Å². The quantitative estimate of drug-likeness (QED) is 0.877. The molecule has 3 nitrogen and oxygen atoms in total. The van der Waals surface area contributed by atoms with E-state index in [1.54, 1.807) is 12.3 Å². The number of hydrogen-bond acceptors (Lipinski definition) is 3. The Morgan fingerprint density at radius 1 is 1.20 bits per heavy atom. The maximum atomic E-state index is 13.8. The van der Waals surface area contributed by atoms with Gasteiger partial charge in [0.1, 0.15) is 0 Å². The van der Waals surface area contributed by atoms with Gasteiger partial charge in [0.2, 0.25) is 0 Å². The maximum absolute atomic E-state index is 13.8. The molecule has 1 N–H and O–H groups in total. The molecule has 0 fully saturated rings. The van der Waals surface area contributed by atoms with Crippen LogP contribution in [-0.4, -0.2) is 11.1 Å². The van der Waals surface area contributed by atoms with Crippen molar-refractivity contribution in [2.24, 2.45) is 0 Å². The number of ether oxygens (including phenoxy) is 1.